The molecule has 1 aliphatic rings. The fourth-order valence-electron chi connectivity index (χ4n) is 3.28. The van der Waals surface area contributed by atoms with Gasteiger partial charge < -0.3 is 0 Å². The van der Waals surface area contributed by atoms with E-state index in [1.165, 1.54) is 22.3 Å². The van der Waals surface area contributed by atoms with Gasteiger partial charge in [0.05, 0.1) is 0 Å². The average molecular weight is 272 g/mol. The van der Waals surface area contributed by atoms with Crippen LogP contribution in [-0.2, 0) is 0 Å². The molecule has 0 bridgehead atoms. The maximum atomic E-state index is 4.07. The first kappa shape index (κ1) is 13.6. The van der Waals surface area contributed by atoms with Crippen LogP contribution in [0.2, 0.25) is 0 Å². The number of fused-ring (bicyclic) bond motifs is 1. The summed E-state index contributed by atoms with van der Waals surface area (Å²) in [5.74, 6) is 0.686. The van der Waals surface area contributed by atoms with Gasteiger partial charge in [-0.3, -0.25) is 0 Å². The Bertz CT molecular complexity index is 676. The van der Waals surface area contributed by atoms with E-state index in [4.69, 9.17) is 0 Å². The summed E-state index contributed by atoms with van der Waals surface area (Å²) in [4.78, 5) is 0. The highest BCUT2D eigenvalue weighted by Gasteiger charge is 2.28. The molecule has 0 aromatic heterocycles. The van der Waals surface area contributed by atoms with Crippen LogP contribution in [-0.4, -0.2) is 0 Å². The van der Waals surface area contributed by atoms with Crippen LogP contribution in [0.5, 0.6) is 0 Å². The zero-order valence-electron chi connectivity index (χ0n) is 12.2. The summed E-state index contributed by atoms with van der Waals surface area (Å²) in [6.07, 6.45) is 7.39. The molecule has 1 aliphatic carbocycles. The normalized spacial score (nSPS) is 17.7. The second-order valence-corrected chi connectivity index (χ2v) is 5.47. The summed E-state index contributed by atoms with van der Waals surface area (Å²) in [5, 5.41) is 0. The van der Waals surface area contributed by atoms with E-state index in [0.29, 0.717) is 5.92 Å². The molecule has 0 spiro atoms. The number of rotatable bonds is 5. The van der Waals surface area contributed by atoms with Crippen molar-refractivity contribution in [2.45, 2.75) is 18.3 Å². The second-order valence-electron chi connectivity index (χ2n) is 5.47. The van der Waals surface area contributed by atoms with Gasteiger partial charge in [-0.05, 0) is 23.1 Å². The lowest BCUT2D eigenvalue weighted by Gasteiger charge is -2.22. The van der Waals surface area contributed by atoms with Gasteiger partial charge in [0.2, 0.25) is 0 Å². The van der Waals surface area contributed by atoms with Crippen molar-refractivity contribution in [1.29, 1.82) is 0 Å². The number of hydrogen-bond donors (Lipinski definition) is 0. The molecular formula is C21H20. The minimum Gasteiger partial charge on any atom is -0.103 e. The Hall–Kier alpha value is -2.34. The zero-order chi connectivity index (χ0) is 14.7. The predicted molar refractivity (Wildman–Crippen MR) is 91.4 cm³/mol. The third-order valence-corrected chi connectivity index (χ3v) is 4.25. The maximum absolute atomic E-state index is 4.07. The van der Waals surface area contributed by atoms with Gasteiger partial charge in [0, 0.05) is 11.8 Å². The molecule has 0 amide bonds. The highest BCUT2D eigenvalue weighted by Crippen LogP contribution is 2.45. The fourth-order valence-corrected chi connectivity index (χ4v) is 3.28. The topological polar surface area (TPSA) is 0 Å². The van der Waals surface area contributed by atoms with Crippen molar-refractivity contribution >= 4 is 6.08 Å². The second kappa shape index (κ2) is 5.97. The molecule has 0 fully saturated rings. The van der Waals surface area contributed by atoms with Gasteiger partial charge in [-0.25, -0.2) is 0 Å². The molecule has 21 heavy (non-hydrogen) atoms. The smallest absolute Gasteiger partial charge is 0.0235 e. The van der Waals surface area contributed by atoms with Crippen LogP contribution in [0.25, 0.3) is 6.08 Å². The number of benzene rings is 2. The average Bonchev–Trinajstić information content (AvgIpc) is 2.89. The third kappa shape index (κ3) is 2.50. The molecule has 0 heteroatoms. The lowest BCUT2D eigenvalue weighted by molar-refractivity contribution is 0.768. The number of hydrogen-bond acceptors (Lipinski definition) is 0. The molecule has 104 valence electrons. The van der Waals surface area contributed by atoms with Crippen LogP contribution in [0.4, 0.5) is 0 Å². The Morgan fingerprint density at radius 2 is 1.67 bits per heavy atom. The minimum absolute atomic E-state index is 0.267. The van der Waals surface area contributed by atoms with E-state index in [9.17, 15) is 0 Å². The van der Waals surface area contributed by atoms with E-state index in [2.05, 4.69) is 79.9 Å². The predicted octanol–water partition coefficient (Wildman–Crippen LogP) is 5.71. The standard InChI is InChI=1S/C21H20/c1-3-10-20-19-14-9-8-13-17(19)15-21(20)18(4-2)16-11-6-5-7-12-16/h3-9,11-15,18,20H,1-2,10H2/t18-,20-/m1/s1. The minimum atomic E-state index is 0.267. The van der Waals surface area contributed by atoms with Gasteiger partial charge in [0.25, 0.3) is 0 Å². The molecule has 0 unspecified atom stereocenters. The molecule has 2 aromatic rings. The SMILES string of the molecule is C=CC[C@H]1C([C@H](C=C)c2ccccc2)=Cc2ccccc21. The molecule has 0 radical (unpaired) electrons. The first-order valence-electron chi connectivity index (χ1n) is 7.44. The van der Waals surface area contributed by atoms with Gasteiger partial charge in [-0.1, -0.05) is 78.4 Å². The Kier molecular flexibility index (Phi) is 3.87. The van der Waals surface area contributed by atoms with Gasteiger partial charge in [-0.15, -0.1) is 13.2 Å². The van der Waals surface area contributed by atoms with Crippen LogP contribution in [0.3, 0.4) is 0 Å². The number of allylic oxidation sites excluding steroid dienone is 3. The van der Waals surface area contributed by atoms with Gasteiger partial charge in [-0.2, -0.15) is 0 Å². The van der Waals surface area contributed by atoms with Crippen LogP contribution in [0.15, 0.2) is 85.5 Å². The lowest BCUT2D eigenvalue weighted by Crippen LogP contribution is -2.06. The summed E-state index contributed by atoms with van der Waals surface area (Å²) in [6.45, 7) is 8.01. The van der Waals surface area contributed by atoms with Crippen LogP contribution in [0, 0.1) is 0 Å². The molecule has 3 rings (SSSR count). The largest absolute Gasteiger partial charge is 0.103 e. The molecule has 2 aromatic carbocycles. The first-order valence-corrected chi connectivity index (χ1v) is 7.44. The van der Waals surface area contributed by atoms with Crippen molar-refractivity contribution in [1.82, 2.24) is 0 Å². The van der Waals surface area contributed by atoms with Crippen molar-refractivity contribution in [2.24, 2.45) is 0 Å². The van der Waals surface area contributed by atoms with Crippen molar-refractivity contribution in [2.75, 3.05) is 0 Å². The summed E-state index contributed by atoms with van der Waals surface area (Å²) in [5.41, 5.74) is 5.48. The molecule has 0 saturated carbocycles. The van der Waals surface area contributed by atoms with Gasteiger partial charge >= 0.3 is 0 Å². The Morgan fingerprint density at radius 3 is 2.38 bits per heavy atom. The van der Waals surface area contributed by atoms with E-state index < -0.39 is 0 Å². The van der Waals surface area contributed by atoms with Crippen molar-refractivity contribution in [3.05, 3.63) is 102 Å². The molecule has 0 saturated heterocycles. The summed E-state index contributed by atoms with van der Waals surface area (Å²) in [7, 11) is 0. The zero-order valence-corrected chi connectivity index (χ0v) is 12.2. The third-order valence-electron chi connectivity index (χ3n) is 4.25. The molecule has 2 atom stereocenters. The van der Waals surface area contributed by atoms with Gasteiger partial charge in [0.15, 0.2) is 0 Å². The van der Waals surface area contributed by atoms with Crippen LogP contribution < -0.4 is 0 Å². The first-order chi connectivity index (χ1) is 10.3. The van der Waals surface area contributed by atoms with Crippen molar-refractivity contribution in [3.63, 3.8) is 0 Å². The summed E-state index contributed by atoms with van der Waals surface area (Å²) < 4.78 is 0. The Morgan fingerprint density at radius 1 is 0.952 bits per heavy atom. The fraction of sp³-hybridized carbons (Fsp3) is 0.143. The van der Waals surface area contributed by atoms with E-state index >= 15 is 0 Å². The Balaban J connectivity index is 2.04. The van der Waals surface area contributed by atoms with Crippen LogP contribution >= 0.6 is 0 Å². The molecule has 0 nitrogen and oxygen atoms in total. The van der Waals surface area contributed by atoms with Crippen molar-refractivity contribution < 1.29 is 0 Å². The summed E-state index contributed by atoms with van der Waals surface area (Å²) in [6, 6.07) is 19.3. The van der Waals surface area contributed by atoms with Gasteiger partial charge in [0.1, 0.15) is 0 Å². The molecule has 0 N–H and O–H groups in total. The van der Waals surface area contributed by atoms with E-state index in [0.717, 1.165) is 6.42 Å². The molecular weight excluding hydrogens is 252 g/mol. The van der Waals surface area contributed by atoms with Crippen LogP contribution in [0.1, 0.15) is 34.9 Å². The molecule has 0 aliphatic heterocycles. The van der Waals surface area contributed by atoms with E-state index in [1.54, 1.807) is 0 Å². The van der Waals surface area contributed by atoms with E-state index in [-0.39, 0.29) is 5.92 Å². The summed E-state index contributed by atoms with van der Waals surface area (Å²) >= 11 is 0. The maximum Gasteiger partial charge on any atom is 0.0235 e. The van der Waals surface area contributed by atoms with Crippen molar-refractivity contribution in [3.8, 4) is 0 Å². The monoisotopic (exact) mass is 272 g/mol. The quantitative estimate of drug-likeness (QED) is 0.611. The highest BCUT2D eigenvalue weighted by atomic mass is 14.3. The lowest BCUT2D eigenvalue weighted by atomic mass is 9.82. The Labute approximate surface area is 127 Å². The van der Waals surface area contributed by atoms with E-state index in [1.807, 2.05) is 6.08 Å². The highest BCUT2D eigenvalue weighted by molar-refractivity contribution is 5.69. The molecule has 0 heterocycles.